The van der Waals surface area contributed by atoms with Gasteiger partial charge in [0.1, 0.15) is 0 Å². The maximum absolute atomic E-state index is 8.92. The minimum absolute atomic E-state index is 0.234. The van der Waals surface area contributed by atoms with E-state index in [1.165, 1.54) is 4.88 Å². The molecule has 0 saturated heterocycles. The van der Waals surface area contributed by atoms with Gasteiger partial charge in [-0.3, -0.25) is 0 Å². The van der Waals surface area contributed by atoms with Crippen molar-refractivity contribution in [3.8, 4) is 0 Å². The number of thiophene rings is 1. The third-order valence-electron chi connectivity index (χ3n) is 1.95. The molecule has 2 nitrogen and oxygen atoms in total. The Morgan fingerprint density at radius 1 is 1.54 bits per heavy atom. The summed E-state index contributed by atoms with van der Waals surface area (Å²) < 4.78 is 1.15. The lowest BCUT2D eigenvalue weighted by Gasteiger charge is -2.22. The normalized spacial score (nSPS) is 13.6. The molecular formula is C9H14BrNOS. The molecule has 1 unspecified atom stereocenters. The first-order chi connectivity index (χ1) is 6.15. The fourth-order valence-electron chi connectivity index (χ4n) is 1.28. The molecule has 0 aromatic carbocycles. The quantitative estimate of drug-likeness (QED) is 0.903. The van der Waals surface area contributed by atoms with Crippen molar-refractivity contribution in [1.82, 2.24) is 4.90 Å². The van der Waals surface area contributed by atoms with Crippen LogP contribution >= 0.6 is 27.3 Å². The minimum Gasteiger partial charge on any atom is -0.396 e. The molecule has 0 aliphatic carbocycles. The number of rotatable bonds is 4. The lowest BCUT2D eigenvalue weighted by molar-refractivity contribution is 0.213. The minimum atomic E-state index is 0.234. The standard InChI is InChI=1S/C9H14BrNOS/c1-11(2)7(5-6-12)8-3-4-9(10)13-8/h3-4,7,12H,5-6H2,1-2H3. The molecule has 0 amide bonds. The topological polar surface area (TPSA) is 23.5 Å². The average molecular weight is 264 g/mol. The van der Waals surface area contributed by atoms with Gasteiger partial charge in [0.25, 0.3) is 0 Å². The molecule has 13 heavy (non-hydrogen) atoms. The molecule has 0 radical (unpaired) electrons. The molecule has 4 heteroatoms. The van der Waals surface area contributed by atoms with Gasteiger partial charge in [0.2, 0.25) is 0 Å². The third-order valence-corrected chi connectivity index (χ3v) is 3.67. The second-order valence-corrected chi connectivity index (χ2v) is 5.63. The average Bonchev–Trinajstić information content (AvgIpc) is 2.46. The zero-order valence-electron chi connectivity index (χ0n) is 7.83. The molecule has 1 rings (SSSR count). The van der Waals surface area contributed by atoms with E-state index in [0.717, 1.165) is 10.2 Å². The molecule has 0 aliphatic rings. The summed E-state index contributed by atoms with van der Waals surface area (Å²) in [6, 6.07) is 4.49. The highest BCUT2D eigenvalue weighted by atomic mass is 79.9. The smallest absolute Gasteiger partial charge is 0.0701 e. The van der Waals surface area contributed by atoms with Crippen molar-refractivity contribution < 1.29 is 5.11 Å². The van der Waals surface area contributed by atoms with Crippen LogP contribution < -0.4 is 0 Å². The van der Waals surface area contributed by atoms with E-state index >= 15 is 0 Å². The van der Waals surface area contributed by atoms with Gasteiger partial charge < -0.3 is 10.0 Å². The van der Waals surface area contributed by atoms with E-state index in [2.05, 4.69) is 26.9 Å². The molecule has 1 aromatic heterocycles. The molecule has 0 aliphatic heterocycles. The number of nitrogens with zero attached hydrogens (tertiary/aromatic N) is 1. The van der Waals surface area contributed by atoms with Gasteiger partial charge in [-0.2, -0.15) is 0 Å². The maximum Gasteiger partial charge on any atom is 0.0701 e. The summed E-state index contributed by atoms with van der Waals surface area (Å²) in [6.07, 6.45) is 0.792. The summed E-state index contributed by atoms with van der Waals surface area (Å²) >= 11 is 5.17. The molecular weight excluding hydrogens is 250 g/mol. The van der Waals surface area contributed by atoms with Crippen LogP contribution in [0.2, 0.25) is 0 Å². The van der Waals surface area contributed by atoms with Crippen molar-refractivity contribution in [3.05, 3.63) is 20.8 Å². The van der Waals surface area contributed by atoms with Crippen LogP contribution in [0.3, 0.4) is 0 Å². The predicted molar refractivity (Wildman–Crippen MR) is 60.1 cm³/mol. The largest absolute Gasteiger partial charge is 0.396 e. The summed E-state index contributed by atoms with van der Waals surface area (Å²) in [5.74, 6) is 0. The number of aliphatic hydroxyl groups excluding tert-OH is 1. The van der Waals surface area contributed by atoms with Crippen LogP contribution in [-0.2, 0) is 0 Å². The van der Waals surface area contributed by atoms with Gasteiger partial charge >= 0.3 is 0 Å². The number of aliphatic hydroxyl groups is 1. The van der Waals surface area contributed by atoms with E-state index in [-0.39, 0.29) is 6.61 Å². The van der Waals surface area contributed by atoms with Crippen LogP contribution in [0.4, 0.5) is 0 Å². The Balaban J connectivity index is 2.75. The van der Waals surface area contributed by atoms with Crippen LogP contribution in [-0.4, -0.2) is 30.7 Å². The van der Waals surface area contributed by atoms with Crippen LogP contribution in [0, 0.1) is 0 Å². The lowest BCUT2D eigenvalue weighted by atomic mass is 10.1. The highest BCUT2D eigenvalue weighted by molar-refractivity contribution is 9.11. The Labute approximate surface area is 91.3 Å². The van der Waals surface area contributed by atoms with E-state index in [4.69, 9.17) is 5.11 Å². The number of hydrogen-bond donors (Lipinski definition) is 1. The zero-order valence-corrected chi connectivity index (χ0v) is 10.2. The van der Waals surface area contributed by atoms with E-state index < -0.39 is 0 Å². The molecule has 0 fully saturated rings. The van der Waals surface area contributed by atoms with Gasteiger partial charge in [-0.25, -0.2) is 0 Å². The van der Waals surface area contributed by atoms with E-state index in [0.29, 0.717) is 6.04 Å². The Morgan fingerprint density at radius 3 is 2.62 bits per heavy atom. The van der Waals surface area contributed by atoms with Gasteiger partial charge in [-0.05, 0) is 48.6 Å². The maximum atomic E-state index is 8.92. The highest BCUT2D eigenvalue weighted by Crippen LogP contribution is 2.31. The van der Waals surface area contributed by atoms with Crippen LogP contribution in [0.5, 0.6) is 0 Å². The van der Waals surface area contributed by atoms with Crippen LogP contribution in [0.25, 0.3) is 0 Å². The van der Waals surface area contributed by atoms with E-state index in [9.17, 15) is 0 Å². The molecule has 0 spiro atoms. The number of hydrogen-bond acceptors (Lipinski definition) is 3. The van der Waals surface area contributed by atoms with Gasteiger partial charge in [0.15, 0.2) is 0 Å². The fraction of sp³-hybridized carbons (Fsp3) is 0.556. The summed E-state index contributed by atoms with van der Waals surface area (Å²) in [6.45, 7) is 0.234. The van der Waals surface area contributed by atoms with Crippen molar-refractivity contribution in [3.63, 3.8) is 0 Å². The summed E-state index contributed by atoms with van der Waals surface area (Å²) in [5.41, 5.74) is 0. The molecule has 1 N–H and O–H groups in total. The van der Waals surface area contributed by atoms with Gasteiger partial charge in [0.05, 0.1) is 3.79 Å². The van der Waals surface area contributed by atoms with Crippen molar-refractivity contribution in [2.45, 2.75) is 12.5 Å². The van der Waals surface area contributed by atoms with Crippen molar-refractivity contribution in [2.75, 3.05) is 20.7 Å². The molecule has 0 bridgehead atoms. The van der Waals surface area contributed by atoms with Gasteiger partial charge in [-0.1, -0.05) is 0 Å². The molecule has 1 atom stereocenters. The zero-order chi connectivity index (χ0) is 9.84. The van der Waals surface area contributed by atoms with E-state index in [1.54, 1.807) is 11.3 Å². The van der Waals surface area contributed by atoms with E-state index in [1.807, 2.05) is 20.2 Å². The van der Waals surface area contributed by atoms with Crippen LogP contribution in [0.1, 0.15) is 17.3 Å². The SMILES string of the molecule is CN(C)C(CCO)c1ccc(Br)s1. The van der Waals surface area contributed by atoms with Gasteiger partial charge in [0, 0.05) is 17.5 Å². The Morgan fingerprint density at radius 2 is 2.23 bits per heavy atom. The molecule has 1 heterocycles. The number of halogens is 1. The monoisotopic (exact) mass is 263 g/mol. The van der Waals surface area contributed by atoms with Gasteiger partial charge in [-0.15, -0.1) is 11.3 Å². The fourth-order valence-corrected chi connectivity index (χ4v) is 2.94. The van der Waals surface area contributed by atoms with Crippen LogP contribution in [0.15, 0.2) is 15.9 Å². The molecule has 1 aromatic rings. The summed E-state index contributed by atoms with van der Waals surface area (Å²) in [7, 11) is 4.07. The Kier molecular flexibility index (Phi) is 4.38. The predicted octanol–water partition coefficient (Wildman–Crippen LogP) is 2.50. The van der Waals surface area contributed by atoms with Crippen molar-refractivity contribution in [2.24, 2.45) is 0 Å². The second kappa shape index (κ2) is 5.10. The first-order valence-electron chi connectivity index (χ1n) is 4.17. The molecule has 74 valence electrons. The first kappa shape index (κ1) is 11.2. The Bertz CT molecular complexity index is 262. The van der Waals surface area contributed by atoms with Crippen molar-refractivity contribution in [1.29, 1.82) is 0 Å². The Hall–Kier alpha value is 0.1000. The molecule has 0 saturated carbocycles. The highest BCUT2D eigenvalue weighted by Gasteiger charge is 2.14. The summed E-state index contributed by atoms with van der Waals surface area (Å²) in [5, 5.41) is 8.92. The summed E-state index contributed by atoms with van der Waals surface area (Å²) in [4.78, 5) is 3.43. The second-order valence-electron chi connectivity index (χ2n) is 3.13. The lowest BCUT2D eigenvalue weighted by Crippen LogP contribution is -2.19. The first-order valence-corrected chi connectivity index (χ1v) is 5.78. The van der Waals surface area contributed by atoms with Crippen molar-refractivity contribution >= 4 is 27.3 Å². The third kappa shape index (κ3) is 3.06.